The molecule has 8 heteroatoms. The number of azo groups is 1. The Morgan fingerprint density at radius 3 is 2.62 bits per heavy atom. The first-order chi connectivity index (χ1) is 11.4. The van der Waals surface area contributed by atoms with Crippen molar-refractivity contribution in [2.45, 2.75) is 40.2 Å². The lowest BCUT2D eigenvalue weighted by atomic mass is 10.1. The summed E-state index contributed by atoms with van der Waals surface area (Å²) >= 11 is 0. The summed E-state index contributed by atoms with van der Waals surface area (Å²) in [4.78, 5) is 12.6. The Hall–Kier alpha value is -2.95. The number of rotatable bonds is 5. The first kappa shape index (κ1) is 17.4. The van der Waals surface area contributed by atoms with Gasteiger partial charge in [0.15, 0.2) is 11.5 Å². The van der Waals surface area contributed by atoms with Gasteiger partial charge in [-0.15, -0.1) is 10.2 Å². The van der Waals surface area contributed by atoms with Crippen LogP contribution in [0.15, 0.2) is 21.1 Å². The Morgan fingerprint density at radius 1 is 1.38 bits per heavy atom. The molecular formula is C16H20N6O2. The van der Waals surface area contributed by atoms with Crippen LogP contribution in [0.4, 0.5) is 11.5 Å². The summed E-state index contributed by atoms with van der Waals surface area (Å²) in [6, 6.07) is 3.66. The highest BCUT2D eigenvalue weighted by molar-refractivity contribution is 5.56. The Balaban J connectivity index is 2.56. The van der Waals surface area contributed by atoms with E-state index in [1.807, 2.05) is 19.9 Å². The number of nitriles is 1. The number of pyridine rings is 1. The van der Waals surface area contributed by atoms with Gasteiger partial charge in [-0.3, -0.25) is 14.0 Å². The van der Waals surface area contributed by atoms with E-state index in [4.69, 9.17) is 0 Å². The van der Waals surface area contributed by atoms with E-state index in [2.05, 4.69) is 15.3 Å². The maximum Gasteiger partial charge on any atom is 0.281 e. The van der Waals surface area contributed by atoms with Gasteiger partial charge in [-0.05, 0) is 20.3 Å². The summed E-state index contributed by atoms with van der Waals surface area (Å²) in [6.07, 6.45) is 1.56. The van der Waals surface area contributed by atoms with Gasteiger partial charge in [-0.1, -0.05) is 13.3 Å². The first-order valence-corrected chi connectivity index (χ1v) is 7.69. The summed E-state index contributed by atoms with van der Waals surface area (Å²) in [7, 11) is 1.78. The second-order valence-electron chi connectivity index (χ2n) is 5.56. The van der Waals surface area contributed by atoms with Crippen molar-refractivity contribution >= 4 is 11.5 Å². The van der Waals surface area contributed by atoms with Crippen molar-refractivity contribution < 1.29 is 5.11 Å². The van der Waals surface area contributed by atoms with Crippen LogP contribution < -0.4 is 5.56 Å². The van der Waals surface area contributed by atoms with Crippen LogP contribution >= 0.6 is 0 Å². The third kappa shape index (κ3) is 3.20. The molecule has 0 amide bonds. The van der Waals surface area contributed by atoms with Crippen molar-refractivity contribution in [2.75, 3.05) is 0 Å². The zero-order valence-electron chi connectivity index (χ0n) is 14.2. The monoisotopic (exact) mass is 328 g/mol. The van der Waals surface area contributed by atoms with Crippen LogP contribution in [0.3, 0.4) is 0 Å². The predicted octanol–water partition coefficient (Wildman–Crippen LogP) is 2.99. The number of nitrogens with zero attached hydrogens (tertiary/aromatic N) is 6. The molecule has 0 radical (unpaired) electrons. The highest BCUT2D eigenvalue weighted by Gasteiger charge is 2.18. The quantitative estimate of drug-likeness (QED) is 0.851. The third-order valence-electron chi connectivity index (χ3n) is 3.86. The maximum absolute atomic E-state index is 12.6. The Morgan fingerprint density at radius 2 is 2.08 bits per heavy atom. The van der Waals surface area contributed by atoms with E-state index in [0.29, 0.717) is 24.3 Å². The highest BCUT2D eigenvalue weighted by Crippen LogP contribution is 2.26. The molecule has 0 saturated carbocycles. The fourth-order valence-corrected chi connectivity index (χ4v) is 2.27. The molecular weight excluding hydrogens is 308 g/mol. The van der Waals surface area contributed by atoms with Crippen LogP contribution in [0.2, 0.25) is 0 Å². The zero-order valence-corrected chi connectivity index (χ0v) is 14.2. The van der Waals surface area contributed by atoms with Crippen LogP contribution in [-0.2, 0) is 13.6 Å². The van der Waals surface area contributed by atoms with Gasteiger partial charge in [0.25, 0.3) is 5.56 Å². The molecule has 0 saturated heterocycles. The zero-order chi connectivity index (χ0) is 17.9. The first-order valence-electron chi connectivity index (χ1n) is 7.69. The molecule has 2 aromatic heterocycles. The molecule has 0 bridgehead atoms. The Kier molecular flexibility index (Phi) is 5.14. The van der Waals surface area contributed by atoms with Gasteiger partial charge in [0.05, 0.1) is 0 Å². The van der Waals surface area contributed by atoms with Gasteiger partial charge >= 0.3 is 0 Å². The fourth-order valence-electron chi connectivity index (χ4n) is 2.27. The topological polar surface area (TPSA) is 109 Å². The second-order valence-corrected chi connectivity index (χ2v) is 5.56. The van der Waals surface area contributed by atoms with Crippen LogP contribution in [0.5, 0.6) is 5.88 Å². The average Bonchev–Trinajstić information content (AvgIpc) is 2.86. The maximum atomic E-state index is 12.6. The fraction of sp³-hybridized carbons (Fsp3) is 0.438. The molecule has 0 aliphatic heterocycles. The number of aromatic nitrogens is 3. The predicted molar refractivity (Wildman–Crippen MR) is 88.8 cm³/mol. The van der Waals surface area contributed by atoms with Gasteiger partial charge in [0.2, 0.25) is 5.88 Å². The molecule has 0 aromatic carbocycles. The standard InChI is InChI=1S/C16H20N6O2/c1-5-6-7-22-15(23)12(9-17)11(3)14(16(22)24)19-18-13-8-10(2)21(4)20-13/h8,23H,5-7H2,1-4H3. The van der Waals surface area contributed by atoms with Gasteiger partial charge in [-0.25, -0.2) is 0 Å². The molecule has 0 spiro atoms. The minimum Gasteiger partial charge on any atom is -0.493 e. The molecule has 2 heterocycles. The van der Waals surface area contributed by atoms with Gasteiger partial charge < -0.3 is 5.11 Å². The molecule has 1 N–H and O–H groups in total. The van der Waals surface area contributed by atoms with Crippen molar-refractivity contribution in [1.82, 2.24) is 14.3 Å². The lowest BCUT2D eigenvalue weighted by molar-refractivity contribution is 0.399. The van der Waals surface area contributed by atoms with Crippen LogP contribution in [0, 0.1) is 25.2 Å². The van der Waals surface area contributed by atoms with E-state index in [0.717, 1.165) is 12.1 Å². The van der Waals surface area contributed by atoms with E-state index in [9.17, 15) is 15.2 Å². The van der Waals surface area contributed by atoms with Crippen LogP contribution in [-0.4, -0.2) is 19.5 Å². The molecule has 0 aliphatic carbocycles. The number of aryl methyl sites for hydroxylation is 2. The van der Waals surface area contributed by atoms with Crippen molar-refractivity contribution in [3.63, 3.8) is 0 Å². The van der Waals surface area contributed by atoms with Crippen molar-refractivity contribution in [3.8, 4) is 11.9 Å². The largest absolute Gasteiger partial charge is 0.493 e. The van der Waals surface area contributed by atoms with Gasteiger partial charge in [0.1, 0.15) is 11.6 Å². The number of aromatic hydroxyl groups is 1. The van der Waals surface area contributed by atoms with E-state index in [-0.39, 0.29) is 17.1 Å². The SMILES string of the molecule is CCCCn1c(O)c(C#N)c(C)c(N=Nc2cc(C)n(C)n2)c1=O. The number of hydrogen-bond donors (Lipinski definition) is 1. The minimum atomic E-state index is -0.464. The summed E-state index contributed by atoms with van der Waals surface area (Å²) in [5.41, 5.74) is 0.836. The third-order valence-corrected chi connectivity index (χ3v) is 3.86. The molecule has 2 aromatic rings. The molecule has 0 fully saturated rings. The second kappa shape index (κ2) is 7.08. The molecule has 8 nitrogen and oxygen atoms in total. The molecule has 0 aliphatic rings. The number of hydrogen-bond acceptors (Lipinski definition) is 6. The lowest BCUT2D eigenvalue weighted by Crippen LogP contribution is -2.22. The summed E-state index contributed by atoms with van der Waals surface area (Å²) < 4.78 is 2.82. The molecule has 0 atom stereocenters. The Bertz CT molecular complexity index is 866. The minimum absolute atomic E-state index is 0.0388. The summed E-state index contributed by atoms with van der Waals surface area (Å²) in [6.45, 7) is 5.75. The Labute approximate surface area is 139 Å². The normalized spacial score (nSPS) is 11.1. The van der Waals surface area contributed by atoms with Crippen molar-refractivity contribution in [1.29, 1.82) is 5.26 Å². The van der Waals surface area contributed by atoms with E-state index in [1.165, 1.54) is 4.57 Å². The summed E-state index contributed by atoms with van der Waals surface area (Å²) in [5, 5.41) is 31.6. The average molecular weight is 328 g/mol. The molecule has 2 rings (SSSR count). The van der Waals surface area contributed by atoms with Gasteiger partial charge in [-0.2, -0.15) is 10.4 Å². The van der Waals surface area contributed by atoms with E-state index < -0.39 is 5.56 Å². The van der Waals surface area contributed by atoms with E-state index >= 15 is 0 Å². The van der Waals surface area contributed by atoms with E-state index in [1.54, 1.807) is 24.7 Å². The highest BCUT2D eigenvalue weighted by atomic mass is 16.3. The molecule has 126 valence electrons. The number of unbranched alkanes of at least 4 members (excludes halogenated alkanes) is 1. The van der Waals surface area contributed by atoms with Crippen molar-refractivity contribution in [2.24, 2.45) is 17.3 Å². The smallest absolute Gasteiger partial charge is 0.281 e. The molecule has 24 heavy (non-hydrogen) atoms. The van der Waals surface area contributed by atoms with Crippen LogP contribution in [0.25, 0.3) is 0 Å². The van der Waals surface area contributed by atoms with Gasteiger partial charge in [0, 0.05) is 30.9 Å². The van der Waals surface area contributed by atoms with Crippen LogP contribution in [0.1, 0.15) is 36.6 Å². The molecule has 0 unspecified atom stereocenters. The summed E-state index contributed by atoms with van der Waals surface area (Å²) in [5.74, 6) is 0.0570. The lowest BCUT2D eigenvalue weighted by Gasteiger charge is -2.12. The van der Waals surface area contributed by atoms with Crippen molar-refractivity contribution in [3.05, 3.63) is 33.2 Å².